The van der Waals surface area contributed by atoms with Crippen molar-refractivity contribution in [3.8, 4) is 16.9 Å². The molecule has 2 aliphatic heterocycles. The maximum Gasteiger partial charge on any atom is 0.471 e. The molecule has 4 aromatic rings. The van der Waals surface area contributed by atoms with Crippen LogP contribution in [0.3, 0.4) is 0 Å². The monoisotopic (exact) mass is 734 g/mol. The van der Waals surface area contributed by atoms with E-state index in [1.54, 1.807) is 18.9 Å². The van der Waals surface area contributed by atoms with Crippen LogP contribution in [0.1, 0.15) is 54.4 Å². The SMILES string of the molecule is COc1ccccc1SCC1OC(c2cccc(-c3cccc(CNC(=O)C4CCCN4C(=O)C(F)(F)F)c3)c2)OC(c2ccc(CO)cc2)C1C. The number of benzene rings is 4. The second-order valence-electron chi connectivity index (χ2n) is 13.0. The van der Waals surface area contributed by atoms with Gasteiger partial charge >= 0.3 is 12.1 Å². The molecule has 12 heteroatoms. The number of likely N-dealkylation sites (tertiary alicyclic amines) is 1. The van der Waals surface area contributed by atoms with Gasteiger partial charge in [0, 0.05) is 35.2 Å². The number of hydrogen-bond donors (Lipinski definition) is 2. The van der Waals surface area contributed by atoms with Crippen LogP contribution in [0, 0.1) is 5.92 Å². The van der Waals surface area contributed by atoms with E-state index in [0.717, 1.165) is 44.0 Å². The minimum absolute atomic E-state index is 0.00333. The zero-order chi connectivity index (χ0) is 36.8. The number of halogens is 3. The minimum Gasteiger partial charge on any atom is -0.496 e. The number of aliphatic hydroxyl groups excluding tert-OH is 1. The van der Waals surface area contributed by atoms with E-state index in [1.807, 2.05) is 97.1 Å². The molecule has 8 nitrogen and oxygen atoms in total. The first-order chi connectivity index (χ1) is 25.0. The van der Waals surface area contributed by atoms with Gasteiger partial charge in [0.05, 0.1) is 25.9 Å². The van der Waals surface area contributed by atoms with E-state index in [9.17, 15) is 27.9 Å². The van der Waals surface area contributed by atoms with Crippen molar-refractivity contribution in [3.05, 3.63) is 119 Å². The van der Waals surface area contributed by atoms with E-state index < -0.39 is 30.3 Å². The number of nitrogens with zero attached hydrogens (tertiary/aromatic N) is 1. The first-order valence-corrected chi connectivity index (χ1v) is 18.2. The standard InChI is InChI=1S/C40H41F3N2O6S/c1-25-34(24-52-35-14-4-3-13-33(35)49-2)50-38(51-36(25)28-17-15-26(23-46)16-18-28)31-11-6-10-30(21-31)29-9-5-8-27(20-29)22-44-37(47)32-12-7-19-45(32)39(48)40(41,42)43/h3-6,8-11,13-18,20-21,25,32,34,36,38,46H,7,12,19,22-24H2,1-2H3,(H,44,47). The molecule has 5 unspecified atom stereocenters. The summed E-state index contributed by atoms with van der Waals surface area (Å²) in [6.45, 7) is 2.06. The van der Waals surface area contributed by atoms with Crippen LogP contribution in [0.5, 0.6) is 5.75 Å². The fraction of sp³-hybridized carbons (Fsp3) is 0.350. The van der Waals surface area contributed by atoms with Gasteiger partial charge < -0.3 is 29.5 Å². The first-order valence-electron chi connectivity index (χ1n) is 17.2. The normalized spacial score (nSPS) is 21.9. The third-order valence-corrected chi connectivity index (χ3v) is 10.7. The first kappa shape index (κ1) is 37.4. The van der Waals surface area contributed by atoms with Crippen LogP contribution in [-0.2, 0) is 32.2 Å². The highest BCUT2D eigenvalue weighted by Gasteiger charge is 2.47. The van der Waals surface area contributed by atoms with Crippen molar-refractivity contribution in [2.45, 2.75) is 68.5 Å². The van der Waals surface area contributed by atoms with Crippen molar-refractivity contribution in [1.82, 2.24) is 10.2 Å². The average Bonchev–Trinajstić information content (AvgIpc) is 3.66. The highest BCUT2D eigenvalue weighted by Crippen LogP contribution is 2.44. The zero-order valence-electron chi connectivity index (χ0n) is 28.8. The number of aliphatic hydroxyl groups is 1. The third-order valence-electron chi connectivity index (χ3n) is 9.54. The van der Waals surface area contributed by atoms with Crippen molar-refractivity contribution in [2.75, 3.05) is 19.4 Å². The Hall–Kier alpha value is -4.36. The molecule has 2 amide bonds. The Morgan fingerprint density at radius 3 is 2.38 bits per heavy atom. The Morgan fingerprint density at radius 2 is 1.65 bits per heavy atom. The molecule has 274 valence electrons. The maximum absolute atomic E-state index is 13.1. The molecule has 2 N–H and O–H groups in total. The fourth-order valence-corrected chi connectivity index (χ4v) is 7.89. The molecular weight excluding hydrogens is 694 g/mol. The number of alkyl halides is 3. The number of rotatable bonds is 11. The van der Waals surface area contributed by atoms with Gasteiger partial charge in [-0.3, -0.25) is 9.59 Å². The summed E-state index contributed by atoms with van der Waals surface area (Å²) in [6, 6.07) is 29.9. The lowest BCUT2D eigenvalue weighted by Gasteiger charge is -2.41. The van der Waals surface area contributed by atoms with Crippen LogP contribution < -0.4 is 10.1 Å². The molecule has 2 fully saturated rings. The topological polar surface area (TPSA) is 97.3 Å². The van der Waals surface area contributed by atoms with Gasteiger partial charge in [-0.05, 0) is 64.9 Å². The number of thioether (sulfide) groups is 1. The number of methoxy groups -OCH3 is 1. The molecule has 52 heavy (non-hydrogen) atoms. The second kappa shape index (κ2) is 16.5. The highest BCUT2D eigenvalue weighted by atomic mass is 32.2. The van der Waals surface area contributed by atoms with Crippen LogP contribution in [0.15, 0.2) is 102 Å². The van der Waals surface area contributed by atoms with Crippen LogP contribution in [0.2, 0.25) is 0 Å². The van der Waals surface area contributed by atoms with E-state index in [-0.39, 0.29) is 44.2 Å². The number of para-hydroxylation sites is 1. The van der Waals surface area contributed by atoms with Crippen LogP contribution in [-0.4, -0.2) is 59.6 Å². The number of carbonyl (C=O) groups excluding carboxylic acids is 2. The predicted octanol–water partition coefficient (Wildman–Crippen LogP) is 7.61. The van der Waals surface area contributed by atoms with Crippen molar-refractivity contribution < 1.29 is 42.1 Å². The van der Waals surface area contributed by atoms with E-state index in [2.05, 4.69) is 12.2 Å². The molecule has 5 atom stereocenters. The van der Waals surface area contributed by atoms with Gasteiger partial charge in [0.2, 0.25) is 5.91 Å². The van der Waals surface area contributed by atoms with E-state index in [4.69, 9.17) is 14.2 Å². The predicted molar refractivity (Wildman–Crippen MR) is 191 cm³/mol. The number of carbonyl (C=O) groups is 2. The van der Waals surface area contributed by atoms with E-state index in [1.165, 1.54) is 0 Å². The molecule has 2 heterocycles. The van der Waals surface area contributed by atoms with Crippen LogP contribution in [0.25, 0.3) is 11.1 Å². The molecular formula is C40H41F3N2O6S. The quantitative estimate of drug-likeness (QED) is 0.153. The zero-order valence-corrected chi connectivity index (χ0v) is 29.7. The van der Waals surface area contributed by atoms with Crippen molar-refractivity contribution in [3.63, 3.8) is 0 Å². The Kier molecular flexibility index (Phi) is 11.9. The van der Waals surface area contributed by atoms with Gasteiger partial charge in [0.25, 0.3) is 0 Å². The minimum atomic E-state index is -5.03. The maximum atomic E-state index is 13.1. The van der Waals surface area contributed by atoms with Crippen LogP contribution in [0.4, 0.5) is 13.2 Å². The summed E-state index contributed by atoms with van der Waals surface area (Å²) in [4.78, 5) is 26.4. The van der Waals surface area contributed by atoms with Crippen molar-refractivity contribution in [2.24, 2.45) is 5.92 Å². The molecule has 2 aliphatic rings. The van der Waals surface area contributed by atoms with Gasteiger partial charge in [0.1, 0.15) is 11.8 Å². The summed E-state index contributed by atoms with van der Waals surface area (Å²) >= 11 is 1.66. The number of ether oxygens (including phenoxy) is 3. The van der Waals surface area contributed by atoms with Crippen LogP contribution >= 0.6 is 11.8 Å². The van der Waals surface area contributed by atoms with Gasteiger partial charge in [0.15, 0.2) is 6.29 Å². The molecule has 4 aromatic carbocycles. The lowest BCUT2D eigenvalue weighted by molar-refractivity contribution is -0.268. The second-order valence-corrected chi connectivity index (χ2v) is 14.0. The third kappa shape index (κ3) is 8.63. The summed E-state index contributed by atoms with van der Waals surface area (Å²) in [7, 11) is 1.66. The lowest BCUT2D eigenvalue weighted by atomic mass is 9.91. The Balaban J connectivity index is 1.19. The molecule has 0 saturated carbocycles. The largest absolute Gasteiger partial charge is 0.496 e. The molecule has 6 rings (SSSR count). The van der Waals surface area contributed by atoms with Crippen molar-refractivity contribution >= 4 is 23.6 Å². The smallest absolute Gasteiger partial charge is 0.471 e. The fourth-order valence-electron chi connectivity index (χ4n) is 6.70. The average molecular weight is 735 g/mol. The lowest BCUT2D eigenvalue weighted by Crippen LogP contribution is -2.50. The number of amides is 2. The number of hydrogen-bond acceptors (Lipinski definition) is 7. The Morgan fingerprint density at radius 1 is 0.923 bits per heavy atom. The summed E-state index contributed by atoms with van der Waals surface area (Å²) in [5.41, 5.74) is 5.13. The number of nitrogens with one attached hydrogen (secondary N) is 1. The summed E-state index contributed by atoms with van der Waals surface area (Å²) in [5, 5.41) is 12.3. The molecule has 0 spiro atoms. The highest BCUT2D eigenvalue weighted by molar-refractivity contribution is 7.99. The Bertz CT molecular complexity index is 1860. The molecule has 0 radical (unpaired) electrons. The van der Waals surface area contributed by atoms with Gasteiger partial charge in [-0.1, -0.05) is 79.7 Å². The van der Waals surface area contributed by atoms with Gasteiger partial charge in [-0.25, -0.2) is 0 Å². The van der Waals surface area contributed by atoms with E-state index in [0.29, 0.717) is 17.1 Å². The van der Waals surface area contributed by atoms with Gasteiger partial charge in [-0.15, -0.1) is 11.8 Å². The summed E-state index contributed by atoms with van der Waals surface area (Å²) in [6.07, 6.45) is -5.67. The van der Waals surface area contributed by atoms with Gasteiger partial charge in [-0.2, -0.15) is 13.2 Å². The molecule has 0 aromatic heterocycles. The Labute approximate surface area is 305 Å². The molecule has 0 bridgehead atoms. The summed E-state index contributed by atoms with van der Waals surface area (Å²) < 4.78 is 58.2. The molecule has 2 saturated heterocycles. The van der Waals surface area contributed by atoms with E-state index >= 15 is 0 Å². The van der Waals surface area contributed by atoms with Crippen molar-refractivity contribution in [1.29, 1.82) is 0 Å². The molecule has 0 aliphatic carbocycles. The summed E-state index contributed by atoms with van der Waals surface area (Å²) in [5.74, 6) is -1.15.